The van der Waals surface area contributed by atoms with Crippen molar-refractivity contribution in [3.05, 3.63) is 0 Å². The molecule has 0 fully saturated rings. The third-order valence-electron chi connectivity index (χ3n) is 7.00. The summed E-state index contributed by atoms with van der Waals surface area (Å²) in [4.78, 5) is 72.8. The number of unbranched alkanes of at least 4 members (excludes halogenated alkanes) is 5. The Morgan fingerprint density at radius 3 is 1.57 bits per heavy atom. The Bertz CT molecular complexity index is 940. The first-order valence-corrected chi connectivity index (χ1v) is 16.0. The summed E-state index contributed by atoms with van der Waals surface area (Å²) in [5.41, 5.74) is -0.703. The Labute approximate surface area is 263 Å². The van der Waals surface area contributed by atoms with Crippen molar-refractivity contribution in [3.8, 4) is 0 Å². The van der Waals surface area contributed by atoms with Crippen LogP contribution in [0.2, 0.25) is 0 Å². The lowest BCUT2D eigenvalue weighted by Gasteiger charge is -2.31. The zero-order chi connectivity index (χ0) is 33.9. The third-order valence-corrected chi connectivity index (χ3v) is 7.00. The van der Waals surface area contributed by atoms with E-state index in [1.165, 1.54) is 0 Å². The van der Waals surface area contributed by atoms with Gasteiger partial charge in [-0.05, 0) is 59.3 Å². The van der Waals surface area contributed by atoms with Crippen LogP contribution < -0.4 is 21.3 Å². The van der Waals surface area contributed by atoms with E-state index in [4.69, 9.17) is 0 Å². The summed E-state index contributed by atoms with van der Waals surface area (Å²) in [6.45, 7) is 14.2. The minimum atomic E-state index is -1.32. The summed E-state index contributed by atoms with van der Waals surface area (Å²) in [5.74, 6) is -3.88. The lowest BCUT2D eigenvalue weighted by atomic mass is 9.84. The zero-order valence-corrected chi connectivity index (χ0v) is 28.0. The zero-order valence-electron chi connectivity index (χ0n) is 28.0. The van der Waals surface area contributed by atoms with E-state index in [0.717, 1.165) is 25.7 Å². The average molecular weight is 627 g/mol. The van der Waals surface area contributed by atoms with E-state index in [2.05, 4.69) is 28.2 Å². The first kappa shape index (κ1) is 41.0. The van der Waals surface area contributed by atoms with Gasteiger partial charge in [0.05, 0.1) is 6.04 Å². The molecule has 12 nitrogen and oxygen atoms in total. The van der Waals surface area contributed by atoms with Gasteiger partial charge < -0.3 is 31.5 Å². The lowest BCUT2D eigenvalue weighted by molar-refractivity contribution is -0.143. The molecule has 0 rings (SSSR count). The molecule has 0 unspecified atom stereocenters. The Kier molecular flexibility index (Phi) is 19.4. The highest BCUT2D eigenvalue weighted by Crippen LogP contribution is 2.21. The van der Waals surface area contributed by atoms with Gasteiger partial charge in [-0.25, -0.2) is 9.59 Å². The van der Waals surface area contributed by atoms with Crippen LogP contribution in [0.25, 0.3) is 0 Å². The first-order valence-electron chi connectivity index (χ1n) is 16.0. The van der Waals surface area contributed by atoms with Crippen LogP contribution in [-0.4, -0.2) is 75.9 Å². The predicted octanol–water partition coefficient (Wildman–Crippen LogP) is 3.70. The number of rotatable bonds is 23. The summed E-state index contributed by atoms with van der Waals surface area (Å²) in [6, 6.07) is -2.88. The second-order valence-electron chi connectivity index (χ2n) is 13.6. The van der Waals surface area contributed by atoms with Crippen molar-refractivity contribution in [2.75, 3.05) is 6.54 Å². The second-order valence-corrected chi connectivity index (χ2v) is 13.6. The molecular formula is C32H58N4O8. The minimum Gasteiger partial charge on any atom is -0.480 e. The fraction of sp³-hybridized carbons (Fsp3) is 0.812. The highest BCUT2D eigenvalue weighted by atomic mass is 16.4. The van der Waals surface area contributed by atoms with Gasteiger partial charge in [0, 0.05) is 36.8 Å². The number of amides is 3. The molecule has 0 aromatic heterocycles. The average Bonchev–Trinajstić information content (AvgIpc) is 2.90. The van der Waals surface area contributed by atoms with Gasteiger partial charge in [-0.3, -0.25) is 19.2 Å². The summed E-state index contributed by atoms with van der Waals surface area (Å²) < 4.78 is 0. The molecule has 12 heteroatoms. The van der Waals surface area contributed by atoms with Crippen LogP contribution in [0.5, 0.6) is 0 Å². The molecular weight excluding hydrogens is 568 g/mol. The maximum atomic E-state index is 12.8. The summed E-state index contributed by atoms with van der Waals surface area (Å²) in [6.07, 6.45) is 6.13. The number of hydrogen-bond acceptors (Lipinski definition) is 7. The normalized spacial score (nSPS) is 13.8. The van der Waals surface area contributed by atoms with Gasteiger partial charge >= 0.3 is 11.9 Å². The lowest BCUT2D eigenvalue weighted by Crippen LogP contribution is -2.50. The minimum absolute atomic E-state index is 0.125. The number of Topliss-reactive ketones (excluding diaryl/α,β-unsaturated/α-hetero) is 1. The Hall–Kier alpha value is -3.02. The van der Waals surface area contributed by atoms with Crippen LogP contribution in [0.15, 0.2) is 0 Å². The van der Waals surface area contributed by atoms with E-state index in [1.54, 1.807) is 0 Å². The van der Waals surface area contributed by atoms with Crippen molar-refractivity contribution >= 4 is 35.4 Å². The van der Waals surface area contributed by atoms with E-state index >= 15 is 0 Å². The fourth-order valence-electron chi connectivity index (χ4n) is 4.59. The molecule has 0 bridgehead atoms. The molecule has 3 amide bonds. The Morgan fingerprint density at radius 2 is 1.09 bits per heavy atom. The van der Waals surface area contributed by atoms with E-state index in [-0.39, 0.29) is 55.4 Å². The van der Waals surface area contributed by atoms with Gasteiger partial charge in [-0.15, -0.1) is 0 Å². The summed E-state index contributed by atoms with van der Waals surface area (Å²) in [7, 11) is 0. The molecule has 0 aliphatic heterocycles. The van der Waals surface area contributed by atoms with Crippen molar-refractivity contribution in [1.82, 2.24) is 21.3 Å². The molecule has 0 saturated heterocycles. The molecule has 0 heterocycles. The molecule has 44 heavy (non-hydrogen) atoms. The number of carbonyl (C=O) groups excluding carboxylic acids is 4. The van der Waals surface area contributed by atoms with E-state index in [1.807, 2.05) is 41.5 Å². The summed E-state index contributed by atoms with van der Waals surface area (Å²) in [5, 5.41) is 29.8. The highest BCUT2D eigenvalue weighted by Gasteiger charge is 2.31. The maximum Gasteiger partial charge on any atom is 0.326 e. The molecule has 0 aliphatic rings. The van der Waals surface area contributed by atoms with Crippen LogP contribution in [0, 0.1) is 5.41 Å². The number of ketones is 1. The Morgan fingerprint density at radius 1 is 0.591 bits per heavy atom. The molecule has 6 N–H and O–H groups in total. The van der Waals surface area contributed by atoms with Crippen LogP contribution in [-0.2, 0) is 28.8 Å². The largest absolute Gasteiger partial charge is 0.480 e. The number of aliphatic carboxylic acids is 2. The first-order chi connectivity index (χ1) is 20.4. The topological polar surface area (TPSA) is 191 Å². The van der Waals surface area contributed by atoms with Crippen LogP contribution in [0.1, 0.15) is 132 Å². The molecule has 0 saturated carbocycles. The highest BCUT2D eigenvalue weighted by molar-refractivity contribution is 5.89. The maximum absolute atomic E-state index is 12.8. The van der Waals surface area contributed by atoms with Gasteiger partial charge in [-0.2, -0.15) is 0 Å². The van der Waals surface area contributed by atoms with Gasteiger partial charge in [0.2, 0.25) is 17.7 Å². The molecule has 3 atom stereocenters. The second kappa shape index (κ2) is 20.8. The van der Waals surface area contributed by atoms with Crippen LogP contribution in [0.4, 0.5) is 0 Å². The van der Waals surface area contributed by atoms with Crippen LogP contribution >= 0.6 is 0 Å². The summed E-state index contributed by atoms with van der Waals surface area (Å²) >= 11 is 0. The van der Waals surface area contributed by atoms with Gasteiger partial charge in [0.1, 0.15) is 12.1 Å². The number of hydrogen-bond donors (Lipinski definition) is 6. The third kappa shape index (κ3) is 20.0. The number of nitrogens with one attached hydrogen (secondary N) is 4. The van der Waals surface area contributed by atoms with Crippen molar-refractivity contribution in [2.24, 2.45) is 5.41 Å². The van der Waals surface area contributed by atoms with Gasteiger partial charge in [-0.1, -0.05) is 53.4 Å². The van der Waals surface area contributed by atoms with Crippen molar-refractivity contribution < 1.29 is 39.0 Å². The SMILES string of the molecule is CCCCCCCC(=O)N[C@@H](CCC(=O)N[C@@H](CCC(=O)NCCCC[C@H](NC(C)(C)C)C(=O)C(C)(C)C)C(=O)O)C(=O)O. The molecule has 254 valence electrons. The smallest absolute Gasteiger partial charge is 0.326 e. The monoisotopic (exact) mass is 626 g/mol. The van der Waals surface area contributed by atoms with Crippen molar-refractivity contribution in [3.63, 3.8) is 0 Å². The van der Waals surface area contributed by atoms with E-state index < -0.39 is 41.3 Å². The van der Waals surface area contributed by atoms with Gasteiger partial charge in [0.25, 0.3) is 0 Å². The fourth-order valence-corrected chi connectivity index (χ4v) is 4.59. The van der Waals surface area contributed by atoms with Crippen LogP contribution in [0.3, 0.4) is 0 Å². The standard InChI is InChI=1S/C32H58N4O8/c1-8-9-10-11-12-16-26(38)34-24(30(43)44)18-20-27(39)35-23(29(41)42)17-19-25(37)33-21-14-13-15-22(36-32(5,6)7)28(40)31(2,3)4/h22-24,36H,8-21H2,1-7H3,(H,33,37)(H,34,38)(H,35,39)(H,41,42)(H,43,44)/t22-,23-,24-/m0/s1. The van der Waals surface area contributed by atoms with Crippen molar-refractivity contribution in [2.45, 2.75) is 156 Å². The number of carbonyl (C=O) groups is 6. The molecule has 0 aromatic carbocycles. The Balaban J connectivity index is 4.59. The van der Waals surface area contributed by atoms with Crippen molar-refractivity contribution in [1.29, 1.82) is 0 Å². The van der Waals surface area contributed by atoms with E-state index in [9.17, 15) is 39.0 Å². The molecule has 0 radical (unpaired) electrons. The molecule has 0 aromatic rings. The van der Waals surface area contributed by atoms with Gasteiger partial charge in [0.15, 0.2) is 5.78 Å². The molecule has 0 aliphatic carbocycles. The van der Waals surface area contributed by atoms with E-state index in [0.29, 0.717) is 32.2 Å². The predicted molar refractivity (Wildman–Crippen MR) is 169 cm³/mol. The number of carboxylic acids is 2. The quantitative estimate of drug-likeness (QED) is 0.0918. The number of carboxylic acid groups (broad SMARTS) is 2. The molecule has 0 spiro atoms.